The normalized spacial score (nSPS) is 12.9. The zero-order valence-electron chi connectivity index (χ0n) is 15.6. The summed E-state index contributed by atoms with van der Waals surface area (Å²) in [5.74, 6) is -1.33. The van der Waals surface area contributed by atoms with Crippen LogP contribution in [-0.2, 0) is 20.0 Å². The monoisotopic (exact) mass is 415 g/mol. The van der Waals surface area contributed by atoms with E-state index >= 15 is 0 Å². The van der Waals surface area contributed by atoms with E-state index in [1.807, 2.05) is 6.92 Å². The van der Waals surface area contributed by atoms with Gasteiger partial charge in [0.2, 0.25) is 5.91 Å². The van der Waals surface area contributed by atoms with Gasteiger partial charge in [-0.3, -0.25) is 19.2 Å². The lowest BCUT2D eigenvalue weighted by Gasteiger charge is -2.25. The van der Waals surface area contributed by atoms with Crippen molar-refractivity contribution in [1.29, 1.82) is 0 Å². The van der Waals surface area contributed by atoms with Crippen LogP contribution in [0.1, 0.15) is 31.2 Å². The van der Waals surface area contributed by atoms with Crippen molar-refractivity contribution >= 4 is 33.6 Å². The highest BCUT2D eigenvalue weighted by Crippen LogP contribution is 2.22. The van der Waals surface area contributed by atoms with Gasteiger partial charge < -0.3 is 4.74 Å². The number of imide groups is 1. The number of hydrogen-bond acceptors (Lipinski definition) is 8. The Morgan fingerprint density at radius 1 is 1.30 bits per heavy atom. The van der Waals surface area contributed by atoms with E-state index < -0.39 is 27.6 Å². The number of carbonyl (C=O) groups excluding carboxylic acids is 2. The van der Waals surface area contributed by atoms with Crippen molar-refractivity contribution in [2.24, 2.45) is 4.36 Å². The van der Waals surface area contributed by atoms with Gasteiger partial charge in [-0.2, -0.15) is 12.8 Å². The largest absolute Gasteiger partial charge is 0.382 e. The van der Waals surface area contributed by atoms with E-state index in [-0.39, 0.29) is 19.2 Å². The molecule has 0 spiro atoms. The van der Waals surface area contributed by atoms with Crippen LogP contribution in [0.2, 0.25) is 0 Å². The van der Waals surface area contributed by atoms with E-state index in [9.17, 15) is 18.0 Å². The number of methoxy groups -OCH3 is 1. The molecule has 1 aromatic carbocycles. The second-order valence-corrected chi connectivity index (χ2v) is 7.40. The molecule has 0 aliphatic carbocycles. The van der Waals surface area contributed by atoms with Gasteiger partial charge in [0.05, 0.1) is 18.6 Å². The van der Waals surface area contributed by atoms with Gasteiger partial charge in [-0.05, 0) is 32.4 Å². The number of hydrogen-bond donors (Lipinski definition) is 1. The number of nitrogens with one attached hydrogen (secondary N) is 1. The van der Waals surface area contributed by atoms with Gasteiger partial charge in [0.25, 0.3) is 0 Å². The Morgan fingerprint density at radius 3 is 2.52 bits per heavy atom. The fourth-order valence-corrected chi connectivity index (χ4v) is 3.16. The Bertz CT molecular complexity index is 732. The maximum absolute atomic E-state index is 13.1. The van der Waals surface area contributed by atoms with Crippen LogP contribution >= 0.6 is 11.9 Å². The molecule has 0 radical (unpaired) electrons. The molecule has 0 fully saturated rings. The number of rotatable bonds is 10. The number of amides is 2. The molecule has 0 saturated heterocycles. The van der Waals surface area contributed by atoms with Crippen LogP contribution in [0, 0.1) is 0 Å². The maximum Gasteiger partial charge on any atom is 0.311 e. The first kappa shape index (κ1) is 23.3. The average Bonchev–Trinajstić information content (AvgIpc) is 2.65. The summed E-state index contributed by atoms with van der Waals surface area (Å²) >= 11 is 0.802. The van der Waals surface area contributed by atoms with Gasteiger partial charge in [0.15, 0.2) is 0 Å². The molecule has 2 atom stereocenters. The van der Waals surface area contributed by atoms with Crippen LogP contribution in [-0.4, -0.2) is 57.8 Å². The molecule has 1 rings (SSSR count). The highest BCUT2D eigenvalue weighted by atomic mass is 32.2. The smallest absolute Gasteiger partial charge is 0.311 e. The Hall–Kier alpha value is -1.75. The summed E-state index contributed by atoms with van der Waals surface area (Å²) < 4.78 is 33.0. The molecule has 1 N–H and O–H groups in total. The van der Waals surface area contributed by atoms with Gasteiger partial charge >= 0.3 is 15.7 Å². The number of carbonyl (C=O) groups is 2. The Balaban J connectivity index is 3.07. The van der Waals surface area contributed by atoms with E-state index in [1.165, 1.54) is 0 Å². The first-order valence-electron chi connectivity index (χ1n) is 8.44. The summed E-state index contributed by atoms with van der Waals surface area (Å²) in [6.45, 7) is 1.87. The predicted octanol–water partition coefficient (Wildman–Crippen LogP) is 2.46. The zero-order valence-corrected chi connectivity index (χ0v) is 17.3. The second kappa shape index (κ2) is 12.6. The Morgan fingerprint density at radius 2 is 1.96 bits per heavy atom. The topological polar surface area (TPSA) is 105 Å². The minimum Gasteiger partial charge on any atom is -0.382 e. The molecule has 0 saturated carbocycles. The SMILES string of the molecule is CNSC(=O)N(CCCC(C)OC)C(=O)C(CN=S(=O)=O)c1ccccc1. The highest BCUT2D eigenvalue weighted by Gasteiger charge is 2.30. The van der Waals surface area contributed by atoms with Crippen molar-refractivity contribution in [3.05, 3.63) is 35.9 Å². The van der Waals surface area contributed by atoms with Crippen molar-refractivity contribution in [3.63, 3.8) is 0 Å². The van der Waals surface area contributed by atoms with Gasteiger partial charge in [0.1, 0.15) is 0 Å². The minimum atomic E-state index is -2.63. The molecule has 0 heterocycles. The Kier molecular flexibility index (Phi) is 10.9. The molecule has 27 heavy (non-hydrogen) atoms. The van der Waals surface area contributed by atoms with E-state index in [0.717, 1.165) is 16.8 Å². The number of ether oxygens (including phenoxy) is 1. The van der Waals surface area contributed by atoms with E-state index in [4.69, 9.17) is 4.74 Å². The van der Waals surface area contributed by atoms with E-state index in [0.29, 0.717) is 18.4 Å². The van der Waals surface area contributed by atoms with E-state index in [1.54, 1.807) is 44.5 Å². The van der Waals surface area contributed by atoms with Gasteiger partial charge in [-0.15, -0.1) is 0 Å². The van der Waals surface area contributed by atoms with Crippen LogP contribution in [0.5, 0.6) is 0 Å². The molecule has 0 aliphatic heterocycles. The lowest BCUT2D eigenvalue weighted by molar-refractivity contribution is -0.129. The zero-order chi connectivity index (χ0) is 20.2. The molecule has 2 amide bonds. The lowest BCUT2D eigenvalue weighted by Crippen LogP contribution is -2.40. The lowest BCUT2D eigenvalue weighted by atomic mass is 9.97. The van der Waals surface area contributed by atoms with Crippen LogP contribution in [0.3, 0.4) is 0 Å². The minimum absolute atomic E-state index is 0.0109. The van der Waals surface area contributed by atoms with Crippen LogP contribution in [0.15, 0.2) is 34.7 Å². The number of nitrogens with zero attached hydrogens (tertiary/aromatic N) is 2. The van der Waals surface area contributed by atoms with Crippen LogP contribution < -0.4 is 4.72 Å². The fraction of sp³-hybridized carbons (Fsp3) is 0.529. The van der Waals surface area contributed by atoms with Crippen LogP contribution in [0.25, 0.3) is 0 Å². The molecule has 150 valence electrons. The predicted molar refractivity (Wildman–Crippen MR) is 105 cm³/mol. The van der Waals surface area contributed by atoms with Crippen molar-refractivity contribution in [2.75, 3.05) is 27.2 Å². The van der Waals surface area contributed by atoms with Crippen molar-refractivity contribution < 1.29 is 22.7 Å². The molecule has 0 aliphatic rings. The summed E-state index contributed by atoms with van der Waals surface area (Å²) in [6, 6.07) is 8.72. The van der Waals surface area contributed by atoms with Crippen LogP contribution in [0.4, 0.5) is 4.79 Å². The highest BCUT2D eigenvalue weighted by molar-refractivity contribution is 8.11. The van der Waals surface area contributed by atoms with Gasteiger partial charge in [0, 0.05) is 25.6 Å². The fourth-order valence-electron chi connectivity index (χ4n) is 2.42. The first-order chi connectivity index (χ1) is 12.9. The number of benzene rings is 1. The summed E-state index contributed by atoms with van der Waals surface area (Å²) in [5, 5.41) is -0.447. The molecular formula is C17H25N3O5S2. The summed E-state index contributed by atoms with van der Waals surface area (Å²) in [5.41, 5.74) is 0.606. The summed E-state index contributed by atoms with van der Waals surface area (Å²) in [6.07, 6.45) is 1.27. The standard InChI is InChI=1S/C17H25N3O5S2/c1-13(25-3)8-7-11-20(17(22)26-18-2)16(21)15(12-19-27(23)24)14-9-5-4-6-10-14/h4-6,9-10,13,15,18H,7-8,11-12H2,1-3H3. The molecule has 1 aromatic rings. The summed E-state index contributed by atoms with van der Waals surface area (Å²) in [4.78, 5) is 26.7. The quantitative estimate of drug-likeness (QED) is 0.585. The third kappa shape index (κ3) is 8.21. The second-order valence-electron chi connectivity index (χ2n) is 5.74. The third-order valence-corrected chi connectivity index (χ3v) is 4.89. The van der Waals surface area contributed by atoms with Gasteiger partial charge in [-0.1, -0.05) is 30.3 Å². The Labute approximate surface area is 165 Å². The third-order valence-electron chi connectivity index (χ3n) is 3.93. The average molecular weight is 416 g/mol. The van der Waals surface area contributed by atoms with Crippen molar-refractivity contribution in [1.82, 2.24) is 9.62 Å². The molecular weight excluding hydrogens is 390 g/mol. The van der Waals surface area contributed by atoms with Crippen molar-refractivity contribution in [3.8, 4) is 0 Å². The van der Waals surface area contributed by atoms with Crippen molar-refractivity contribution in [2.45, 2.75) is 31.8 Å². The van der Waals surface area contributed by atoms with Gasteiger partial charge in [-0.25, -0.2) is 0 Å². The van der Waals surface area contributed by atoms with E-state index in [2.05, 4.69) is 9.08 Å². The molecule has 8 nitrogen and oxygen atoms in total. The maximum atomic E-state index is 13.1. The first-order valence-corrected chi connectivity index (χ1v) is 10.3. The molecule has 10 heteroatoms. The molecule has 0 bridgehead atoms. The summed E-state index contributed by atoms with van der Waals surface area (Å²) in [7, 11) is 0.558. The molecule has 0 aromatic heterocycles. The molecule has 2 unspecified atom stereocenters.